The number of ether oxygens (including phenoxy) is 2. The predicted octanol–water partition coefficient (Wildman–Crippen LogP) is 3.95. The van der Waals surface area contributed by atoms with E-state index in [2.05, 4.69) is 25.5 Å². The van der Waals surface area contributed by atoms with Crippen molar-refractivity contribution in [3.8, 4) is 0 Å². The third-order valence-corrected chi connectivity index (χ3v) is 3.17. The van der Waals surface area contributed by atoms with E-state index in [4.69, 9.17) is 4.74 Å². The van der Waals surface area contributed by atoms with Gasteiger partial charge < -0.3 is 9.47 Å². The fourth-order valence-electron chi connectivity index (χ4n) is 1.98. The lowest BCUT2D eigenvalue weighted by atomic mass is 9.89. The lowest BCUT2D eigenvalue weighted by Crippen LogP contribution is -2.13. The van der Waals surface area contributed by atoms with Crippen LogP contribution in [-0.4, -0.2) is 26.3 Å². The van der Waals surface area contributed by atoms with Gasteiger partial charge in [0.2, 0.25) is 0 Å². The molecule has 0 saturated heterocycles. The zero-order chi connectivity index (χ0) is 14.0. The maximum atomic E-state index is 11.0. The molecule has 0 saturated carbocycles. The summed E-state index contributed by atoms with van der Waals surface area (Å²) in [5.41, 5.74) is 0.406. The Morgan fingerprint density at radius 2 is 1.67 bits per heavy atom. The first kappa shape index (κ1) is 17.4. The van der Waals surface area contributed by atoms with E-state index in [1.54, 1.807) is 7.11 Å². The van der Waals surface area contributed by atoms with Gasteiger partial charge in [-0.15, -0.1) is 0 Å². The minimum atomic E-state index is -0.114. The number of carbonyl (C=O) groups excluding carboxylic acids is 1. The molecule has 0 aliphatic heterocycles. The van der Waals surface area contributed by atoms with Gasteiger partial charge in [0.15, 0.2) is 0 Å². The first-order chi connectivity index (χ1) is 8.39. The number of methoxy groups -OCH3 is 2. The molecule has 0 aliphatic carbocycles. The molecule has 0 spiro atoms. The molecule has 108 valence electrons. The highest BCUT2D eigenvalue weighted by molar-refractivity contribution is 5.68. The van der Waals surface area contributed by atoms with Crippen LogP contribution in [0, 0.1) is 5.41 Å². The molecule has 0 aromatic heterocycles. The highest BCUT2D eigenvalue weighted by Gasteiger charge is 2.13. The molecule has 18 heavy (non-hydrogen) atoms. The van der Waals surface area contributed by atoms with Gasteiger partial charge in [-0.3, -0.25) is 4.79 Å². The third kappa shape index (κ3) is 10.6. The van der Waals surface area contributed by atoms with Gasteiger partial charge in [-0.05, 0) is 31.1 Å². The lowest BCUT2D eigenvalue weighted by Gasteiger charge is -2.20. The molecule has 0 aliphatic rings. The van der Waals surface area contributed by atoms with Crippen LogP contribution in [0.4, 0.5) is 0 Å². The summed E-state index contributed by atoms with van der Waals surface area (Å²) in [6.45, 7) is 6.81. The Bertz CT molecular complexity index is 218. The molecule has 0 fully saturated rings. The number of unbranched alkanes of at least 4 members (excludes halogenated alkanes) is 1. The molecule has 0 amide bonds. The van der Waals surface area contributed by atoms with Crippen molar-refractivity contribution in [2.24, 2.45) is 5.41 Å². The molecule has 0 unspecified atom stereocenters. The number of hydrogen-bond donors (Lipinski definition) is 0. The topological polar surface area (TPSA) is 35.5 Å². The smallest absolute Gasteiger partial charge is 0.305 e. The summed E-state index contributed by atoms with van der Waals surface area (Å²) >= 11 is 0. The summed E-state index contributed by atoms with van der Waals surface area (Å²) < 4.78 is 10.1. The van der Waals surface area contributed by atoms with Crippen LogP contribution in [0.25, 0.3) is 0 Å². The second kappa shape index (κ2) is 9.37. The van der Waals surface area contributed by atoms with Crippen molar-refractivity contribution < 1.29 is 14.3 Å². The summed E-state index contributed by atoms with van der Waals surface area (Å²) in [7, 11) is 3.22. The number of rotatable bonds is 9. The van der Waals surface area contributed by atoms with Crippen molar-refractivity contribution in [1.82, 2.24) is 0 Å². The van der Waals surface area contributed by atoms with Gasteiger partial charge in [0.05, 0.1) is 13.2 Å². The normalized spacial score (nSPS) is 13.4. The molecule has 3 heteroatoms. The molecule has 0 heterocycles. The molecular weight excluding hydrogens is 228 g/mol. The van der Waals surface area contributed by atoms with E-state index in [1.165, 1.54) is 20.0 Å². The standard InChI is InChI=1S/C15H30O3/c1-15(2,3)12-8-10-13(17-4)9-6-7-11-14(16)18-5/h13H,6-12H2,1-5H3/t13-/m0/s1. The average Bonchev–Trinajstić information content (AvgIpc) is 2.30. The largest absolute Gasteiger partial charge is 0.469 e. The maximum Gasteiger partial charge on any atom is 0.305 e. The van der Waals surface area contributed by atoms with E-state index in [1.807, 2.05) is 0 Å². The van der Waals surface area contributed by atoms with Crippen molar-refractivity contribution in [3.05, 3.63) is 0 Å². The molecule has 0 bridgehead atoms. The van der Waals surface area contributed by atoms with Gasteiger partial charge in [0, 0.05) is 13.5 Å². The zero-order valence-electron chi connectivity index (χ0n) is 12.8. The Morgan fingerprint density at radius 1 is 1.06 bits per heavy atom. The highest BCUT2D eigenvalue weighted by atomic mass is 16.5. The van der Waals surface area contributed by atoms with E-state index in [-0.39, 0.29) is 5.97 Å². The first-order valence-corrected chi connectivity index (χ1v) is 6.98. The van der Waals surface area contributed by atoms with E-state index >= 15 is 0 Å². The Hall–Kier alpha value is -0.570. The quantitative estimate of drug-likeness (QED) is 0.464. The van der Waals surface area contributed by atoms with Crippen LogP contribution in [0.3, 0.4) is 0 Å². The van der Waals surface area contributed by atoms with Crippen molar-refractivity contribution in [2.45, 2.75) is 71.8 Å². The Balaban J connectivity index is 3.61. The zero-order valence-corrected chi connectivity index (χ0v) is 12.8. The highest BCUT2D eigenvalue weighted by Crippen LogP contribution is 2.23. The molecule has 0 aromatic carbocycles. The SMILES string of the molecule is COC(=O)CCCC[C@@H](CCCC(C)(C)C)OC. The van der Waals surface area contributed by atoms with Crippen molar-refractivity contribution in [1.29, 1.82) is 0 Å². The number of hydrogen-bond acceptors (Lipinski definition) is 3. The van der Waals surface area contributed by atoms with Gasteiger partial charge in [-0.1, -0.05) is 33.6 Å². The Kier molecular flexibility index (Phi) is 9.08. The van der Waals surface area contributed by atoms with Crippen LogP contribution >= 0.6 is 0 Å². The van der Waals surface area contributed by atoms with E-state index in [0.717, 1.165) is 25.7 Å². The molecule has 3 nitrogen and oxygen atoms in total. The fraction of sp³-hybridized carbons (Fsp3) is 0.933. The summed E-state index contributed by atoms with van der Waals surface area (Å²) in [6.07, 6.45) is 7.38. The first-order valence-electron chi connectivity index (χ1n) is 6.98. The Morgan fingerprint density at radius 3 is 2.17 bits per heavy atom. The lowest BCUT2D eigenvalue weighted by molar-refractivity contribution is -0.140. The molecule has 1 atom stereocenters. The molecule has 0 aromatic rings. The van der Waals surface area contributed by atoms with Crippen LogP contribution in [0.2, 0.25) is 0 Å². The molecule has 0 radical (unpaired) electrons. The van der Waals surface area contributed by atoms with Gasteiger partial charge >= 0.3 is 5.97 Å². The van der Waals surface area contributed by atoms with Gasteiger partial charge in [-0.25, -0.2) is 0 Å². The van der Waals surface area contributed by atoms with Gasteiger partial charge in [0.1, 0.15) is 0 Å². The average molecular weight is 258 g/mol. The molecule has 0 rings (SSSR count). The van der Waals surface area contributed by atoms with Crippen LogP contribution in [0.5, 0.6) is 0 Å². The van der Waals surface area contributed by atoms with Crippen LogP contribution < -0.4 is 0 Å². The molecule has 0 N–H and O–H groups in total. The van der Waals surface area contributed by atoms with Gasteiger partial charge in [-0.2, -0.15) is 0 Å². The maximum absolute atomic E-state index is 11.0. The predicted molar refractivity (Wildman–Crippen MR) is 74.6 cm³/mol. The van der Waals surface area contributed by atoms with E-state index in [0.29, 0.717) is 17.9 Å². The monoisotopic (exact) mass is 258 g/mol. The third-order valence-electron chi connectivity index (χ3n) is 3.17. The number of carbonyl (C=O) groups is 1. The van der Waals surface area contributed by atoms with Crippen molar-refractivity contribution >= 4 is 5.97 Å². The number of esters is 1. The van der Waals surface area contributed by atoms with E-state index in [9.17, 15) is 4.79 Å². The minimum Gasteiger partial charge on any atom is -0.469 e. The van der Waals surface area contributed by atoms with E-state index < -0.39 is 0 Å². The fourth-order valence-corrected chi connectivity index (χ4v) is 1.98. The summed E-state index contributed by atoms with van der Waals surface area (Å²) in [4.78, 5) is 11.0. The second-order valence-corrected chi connectivity index (χ2v) is 6.13. The molecular formula is C15H30O3. The van der Waals surface area contributed by atoms with Crippen molar-refractivity contribution in [3.63, 3.8) is 0 Å². The van der Waals surface area contributed by atoms with Crippen LogP contribution in [0.15, 0.2) is 0 Å². The van der Waals surface area contributed by atoms with Gasteiger partial charge in [0.25, 0.3) is 0 Å². The minimum absolute atomic E-state index is 0.114. The van der Waals surface area contributed by atoms with Crippen LogP contribution in [0.1, 0.15) is 65.7 Å². The summed E-state index contributed by atoms with van der Waals surface area (Å²) in [6, 6.07) is 0. The van der Waals surface area contributed by atoms with Crippen molar-refractivity contribution in [2.75, 3.05) is 14.2 Å². The Labute approximate surface area is 112 Å². The second-order valence-electron chi connectivity index (χ2n) is 6.13. The summed E-state index contributed by atoms with van der Waals surface area (Å²) in [5, 5.41) is 0. The summed E-state index contributed by atoms with van der Waals surface area (Å²) in [5.74, 6) is -0.114. The van der Waals surface area contributed by atoms with Crippen LogP contribution in [-0.2, 0) is 14.3 Å².